The van der Waals surface area contributed by atoms with Crippen molar-refractivity contribution in [1.29, 1.82) is 0 Å². The lowest BCUT2D eigenvalue weighted by atomic mass is 10.1. The van der Waals surface area contributed by atoms with Crippen LogP contribution in [0.1, 0.15) is 23.7 Å². The first-order chi connectivity index (χ1) is 9.02. The molecule has 0 fully saturated rings. The number of rotatable bonds is 3. The highest BCUT2D eigenvalue weighted by atomic mass is 35.5. The largest absolute Gasteiger partial charge is 0.442 e. The van der Waals surface area contributed by atoms with E-state index in [0.29, 0.717) is 6.42 Å². The summed E-state index contributed by atoms with van der Waals surface area (Å²) in [5.74, 6) is -0.686. The Labute approximate surface area is 112 Å². The molecule has 0 saturated carbocycles. The van der Waals surface area contributed by atoms with Gasteiger partial charge in [-0.25, -0.2) is 9.59 Å². The first kappa shape index (κ1) is 13.4. The average Bonchev–Trinajstić information content (AvgIpc) is 2.37. The maximum atomic E-state index is 11.9. The Hall–Kier alpha value is -2.08. The number of alkyl halides is 1. The quantitative estimate of drug-likeness (QED) is 0.656. The number of ether oxygens (including phenoxy) is 1. The molecule has 2 rings (SSSR count). The highest BCUT2D eigenvalue weighted by molar-refractivity contribution is 6.20. The van der Waals surface area contributed by atoms with E-state index < -0.39 is 22.8 Å². The van der Waals surface area contributed by atoms with E-state index >= 15 is 0 Å². The molecular formula is C12H11ClN2O4. The Morgan fingerprint density at radius 1 is 1.37 bits per heavy atom. The van der Waals surface area contributed by atoms with Gasteiger partial charge in [0, 0.05) is 0 Å². The van der Waals surface area contributed by atoms with E-state index in [1.165, 1.54) is 18.2 Å². The number of fused-ring (bicyclic) bond motifs is 1. The third kappa shape index (κ3) is 2.68. The fraction of sp³-hybridized carbons (Fsp3) is 0.250. The summed E-state index contributed by atoms with van der Waals surface area (Å²) in [4.78, 5) is 39.3. The second kappa shape index (κ2) is 5.27. The van der Waals surface area contributed by atoms with Gasteiger partial charge in [0.1, 0.15) is 0 Å². The van der Waals surface area contributed by atoms with Crippen LogP contribution >= 0.6 is 11.6 Å². The van der Waals surface area contributed by atoms with E-state index in [0.717, 1.165) is 0 Å². The number of halogens is 1. The third-order valence-electron chi connectivity index (χ3n) is 2.55. The van der Waals surface area contributed by atoms with E-state index in [2.05, 4.69) is 9.97 Å². The summed E-state index contributed by atoms with van der Waals surface area (Å²) in [5.41, 5.74) is -1.76. The van der Waals surface area contributed by atoms with Gasteiger partial charge in [-0.3, -0.25) is 9.78 Å². The van der Waals surface area contributed by atoms with Gasteiger partial charge >= 0.3 is 11.7 Å². The number of carbonyl (C=O) groups excluding carboxylic acids is 1. The van der Waals surface area contributed by atoms with Crippen LogP contribution in [0.2, 0.25) is 0 Å². The Morgan fingerprint density at radius 3 is 2.79 bits per heavy atom. The number of carbonyl (C=O) groups is 1. The Balaban J connectivity index is 2.58. The summed E-state index contributed by atoms with van der Waals surface area (Å²) in [6.45, 7) is 1.76. The Bertz CT molecular complexity index is 734. The van der Waals surface area contributed by atoms with Gasteiger partial charge in [-0.2, -0.15) is 0 Å². The number of aromatic amines is 2. The lowest BCUT2D eigenvalue weighted by Crippen LogP contribution is -2.23. The van der Waals surface area contributed by atoms with Gasteiger partial charge < -0.3 is 9.72 Å². The van der Waals surface area contributed by atoms with Crippen molar-refractivity contribution in [2.24, 2.45) is 0 Å². The SMILES string of the molecule is CCC(Cl)OC(=O)c1cccc2c(=O)[nH]c(=O)[nH]c12. The number of benzene rings is 1. The normalized spacial score (nSPS) is 12.3. The molecule has 0 amide bonds. The molecule has 0 aliphatic rings. The lowest BCUT2D eigenvalue weighted by Gasteiger charge is -2.10. The number of aromatic nitrogens is 2. The minimum atomic E-state index is -0.753. The van der Waals surface area contributed by atoms with Crippen LogP contribution in [-0.4, -0.2) is 21.5 Å². The second-order valence-electron chi connectivity index (χ2n) is 3.86. The van der Waals surface area contributed by atoms with E-state index in [1.807, 2.05) is 0 Å². The smallest absolute Gasteiger partial charge is 0.341 e. The molecule has 0 radical (unpaired) electrons. The molecule has 1 heterocycles. The number of nitrogens with one attached hydrogen (secondary N) is 2. The van der Waals surface area contributed by atoms with Crippen molar-refractivity contribution in [1.82, 2.24) is 9.97 Å². The van der Waals surface area contributed by atoms with Crippen molar-refractivity contribution in [2.75, 3.05) is 0 Å². The predicted octanol–water partition coefficient (Wildman–Crippen LogP) is 1.35. The molecule has 1 unspecified atom stereocenters. The topological polar surface area (TPSA) is 92.0 Å². The Kier molecular flexibility index (Phi) is 3.71. The van der Waals surface area contributed by atoms with E-state index in [1.54, 1.807) is 6.92 Å². The predicted molar refractivity (Wildman–Crippen MR) is 70.5 cm³/mol. The molecule has 0 aliphatic heterocycles. The van der Waals surface area contributed by atoms with Crippen molar-refractivity contribution in [3.05, 3.63) is 44.6 Å². The number of para-hydroxylation sites is 1. The number of H-pyrrole nitrogens is 2. The van der Waals surface area contributed by atoms with E-state index in [-0.39, 0.29) is 16.5 Å². The number of hydrogen-bond donors (Lipinski definition) is 2. The van der Waals surface area contributed by atoms with Crippen LogP contribution < -0.4 is 11.2 Å². The van der Waals surface area contributed by atoms with Crippen LogP contribution in [0, 0.1) is 0 Å². The van der Waals surface area contributed by atoms with Crippen molar-refractivity contribution in [2.45, 2.75) is 18.9 Å². The fourth-order valence-electron chi connectivity index (χ4n) is 1.62. The molecule has 7 heteroatoms. The molecule has 1 atom stereocenters. The molecule has 0 bridgehead atoms. The molecule has 0 spiro atoms. The van der Waals surface area contributed by atoms with Crippen molar-refractivity contribution in [3.8, 4) is 0 Å². The van der Waals surface area contributed by atoms with Gasteiger partial charge in [0.2, 0.25) is 0 Å². The minimum absolute atomic E-state index is 0.0970. The summed E-state index contributed by atoms with van der Waals surface area (Å²) in [7, 11) is 0. The number of esters is 1. The minimum Gasteiger partial charge on any atom is -0.442 e. The van der Waals surface area contributed by atoms with Gasteiger partial charge in [-0.05, 0) is 18.6 Å². The van der Waals surface area contributed by atoms with Crippen LogP contribution in [0.3, 0.4) is 0 Å². The second-order valence-corrected chi connectivity index (χ2v) is 4.35. The molecule has 0 aliphatic carbocycles. The molecular weight excluding hydrogens is 272 g/mol. The highest BCUT2D eigenvalue weighted by Crippen LogP contribution is 2.15. The maximum absolute atomic E-state index is 11.9. The van der Waals surface area contributed by atoms with Crippen molar-refractivity contribution >= 4 is 28.5 Å². The van der Waals surface area contributed by atoms with Crippen LogP contribution in [0.15, 0.2) is 27.8 Å². The van der Waals surface area contributed by atoms with E-state index in [4.69, 9.17) is 16.3 Å². The van der Waals surface area contributed by atoms with Gasteiger partial charge in [0.25, 0.3) is 5.56 Å². The van der Waals surface area contributed by atoms with Gasteiger partial charge in [-0.15, -0.1) is 0 Å². The van der Waals surface area contributed by atoms with E-state index in [9.17, 15) is 14.4 Å². The number of hydrogen-bond acceptors (Lipinski definition) is 4. The van der Waals surface area contributed by atoms with Crippen molar-refractivity contribution < 1.29 is 9.53 Å². The molecule has 0 saturated heterocycles. The van der Waals surface area contributed by atoms with Gasteiger partial charge in [-0.1, -0.05) is 24.6 Å². The summed E-state index contributed by atoms with van der Waals surface area (Å²) >= 11 is 5.74. The van der Waals surface area contributed by atoms with Crippen LogP contribution in [0.4, 0.5) is 0 Å². The molecule has 2 aromatic rings. The molecule has 6 nitrogen and oxygen atoms in total. The highest BCUT2D eigenvalue weighted by Gasteiger charge is 2.16. The molecule has 1 aromatic carbocycles. The molecule has 1 aromatic heterocycles. The zero-order valence-electron chi connectivity index (χ0n) is 10.0. The summed E-state index contributed by atoms with van der Waals surface area (Å²) in [6, 6.07) is 4.49. The third-order valence-corrected chi connectivity index (χ3v) is 2.95. The van der Waals surface area contributed by atoms with Crippen LogP contribution in [-0.2, 0) is 4.74 Å². The summed E-state index contributed by atoms with van der Waals surface area (Å²) in [6.07, 6.45) is 0.454. The molecule has 2 N–H and O–H groups in total. The van der Waals surface area contributed by atoms with Gasteiger partial charge in [0.15, 0.2) is 5.56 Å². The summed E-state index contributed by atoms with van der Waals surface area (Å²) < 4.78 is 4.97. The van der Waals surface area contributed by atoms with Crippen LogP contribution in [0.25, 0.3) is 10.9 Å². The monoisotopic (exact) mass is 282 g/mol. The first-order valence-corrected chi connectivity index (χ1v) is 6.07. The fourth-order valence-corrected chi connectivity index (χ4v) is 1.71. The summed E-state index contributed by atoms with van der Waals surface area (Å²) in [5, 5.41) is 0.205. The lowest BCUT2D eigenvalue weighted by molar-refractivity contribution is 0.0445. The molecule has 19 heavy (non-hydrogen) atoms. The Morgan fingerprint density at radius 2 is 2.11 bits per heavy atom. The maximum Gasteiger partial charge on any atom is 0.341 e. The van der Waals surface area contributed by atoms with Gasteiger partial charge in [0.05, 0.1) is 16.5 Å². The average molecular weight is 283 g/mol. The first-order valence-electron chi connectivity index (χ1n) is 5.63. The molecule has 100 valence electrons. The van der Waals surface area contributed by atoms with Crippen LogP contribution in [0.5, 0.6) is 0 Å². The van der Waals surface area contributed by atoms with Crippen molar-refractivity contribution in [3.63, 3.8) is 0 Å². The zero-order valence-corrected chi connectivity index (χ0v) is 10.8. The standard InChI is InChI=1S/C12H11ClN2O4/c1-2-8(13)19-11(17)7-5-3-4-6-9(7)14-12(18)15-10(6)16/h3-5,8H,2H2,1H3,(H2,14,15,16,18). The zero-order chi connectivity index (χ0) is 14.0.